The Morgan fingerprint density at radius 2 is 0.700 bits per heavy atom. The van der Waals surface area contributed by atoms with Crippen molar-refractivity contribution in [3.8, 4) is 0 Å². The number of alkyl halides is 17. The average molecular weight is 626 g/mol. The van der Waals surface area contributed by atoms with E-state index in [0.717, 1.165) is 0 Å². The van der Waals surface area contributed by atoms with Gasteiger partial charge in [-0.25, -0.2) is 0 Å². The van der Waals surface area contributed by atoms with Gasteiger partial charge in [0, 0.05) is 0 Å². The third kappa shape index (κ3) is 3.46. The summed E-state index contributed by atoms with van der Waals surface area (Å²) >= 11 is -0.233. The summed E-state index contributed by atoms with van der Waals surface area (Å²) in [6.45, 7) is 0. The van der Waals surface area contributed by atoms with E-state index in [-0.39, 0.29) is 23.0 Å². The molecule has 0 unspecified atom stereocenters. The van der Waals surface area contributed by atoms with Gasteiger partial charge in [-0.15, -0.1) is 0 Å². The second kappa shape index (κ2) is 7.23. The summed E-state index contributed by atoms with van der Waals surface area (Å²) in [4.78, 5) is 0. The Kier molecular flexibility index (Phi) is 7.10. The smallest absolute Gasteiger partial charge is 0.194 e. The fraction of sp³-hybridized carbons (Fsp3) is 1.00. The first-order valence-corrected chi connectivity index (χ1v) is 8.11. The van der Waals surface area contributed by atoms with Gasteiger partial charge in [-0.1, -0.05) is 0 Å². The van der Waals surface area contributed by atoms with Crippen LogP contribution >= 0.6 is 23.0 Å². The zero-order valence-corrected chi connectivity index (χ0v) is 15.4. The molecule has 0 bridgehead atoms. The van der Waals surface area contributed by atoms with Gasteiger partial charge in [0.05, 0.1) is 0 Å². The lowest BCUT2D eigenvalue weighted by molar-refractivity contribution is -0.458. The van der Waals surface area contributed by atoms with Crippen LogP contribution in [0.2, 0.25) is 0 Å². The standard InChI is InChI=1S/C8F17IO3S/c9-1(10,3(13,14)5(17,18)7(21,22)23)2(11,12)4(15,16)6(19,20)8(24,25)30(27,28)29-26. The lowest BCUT2D eigenvalue weighted by Crippen LogP contribution is -2.75. The Bertz CT molecular complexity index is 753. The zero-order valence-electron chi connectivity index (χ0n) is 12.4. The molecule has 0 aromatic heterocycles. The molecule has 0 aliphatic carbocycles. The molecule has 0 aliphatic rings. The maximum atomic E-state index is 13.2. The fourth-order valence-electron chi connectivity index (χ4n) is 1.35. The van der Waals surface area contributed by atoms with Gasteiger partial charge in [0.25, 0.3) is 0 Å². The monoisotopic (exact) mass is 626 g/mol. The van der Waals surface area contributed by atoms with E-state index in [1.54, 1.807) is 0 Å². The molecule has 0 amide bonds. The molecule has 3 nitrogen and oxygen atoms in total. The van der Waals surface area contributed by atoms with Crippen LogP contribution in [0.1, 0.15) is 0 Å². The first-order valence-electron chi connectivity index (χ1n) is 5.82. The highest BCUT2D eigenvalue weighted by atomic mass is 127. The molecule has 0 fully saturated rings. The van der Waals surface area contributed by atoms with Gasteiger partial charge in [-0.2, -0.15) is 85.6 Å². The molecule has 22 heteroatoms. The minimum absolute atomic E-state index is 0.233. The number of hydrogen-bond donors (Lipinski definition) is 0. The van der Waals surface area contributed by atoms with Crippen molar-refractivity contribution < 1.29 is 85.6 Å². The molecule has 0 saturated carbocycles. The van der Waals surface area contributed by atoms with Gasteiger partial charge in [0.15, 0.2) is 0 Å². The lowest BCUT2D eigenvalue weighted by atomic mass is 9.91. The van der Waals surface area contributed by atoms with Crippen LogP contribution in [0.5, 0.6) is 0 Å². The van der Waals surface area contributed by atoms with Crippen LogP contribution in [0.15, 0.2) is 0 Å². The minimum Gasteiger partial charge on any atom is -0.194 e. The molecule has 0 aromatic carbocycles. The molecule has 182 valence electrons. The highest BCUT2D eigenvalue weighted by Gasteiger charge is 2.96. The van der Waals surface area contributed by atoms with Crippen molar-refractivity contribution in [2.45, 2.75) is 47.0 Å². The molecular formula is C8F17IO3S. The van der Waals surface area contributed by atoms with Crippen LogP contribution in [0, 0.1) is 0 Å². The van der Waals surface area contributed by atoms with Crippen LogP contribution in [0.4, 0.5) is 74.6 Å². The predicted molar refractivity (Wildman–Crippen MR) is 64.7 cm³/mol. The molecule has 0 aromatic rings. The minimum atomic E-state index is -8.84. The summed E-state index contributed by atoms with van der Waals surface area (Å²) in [5.41, 5.74) is 0. The highest BCUT2D eigenvalue weighted by Crippen LogP contribution is 2.64. The number of halogens is 18. The zero-order chi connectivity index (χ0) is 25.2. The van der Waals surface area contributed by atoms with E-state index in [2.05, 4.69) is 2.51 Å². The summed E-state index contributed by atoms with van der Waals surface area (Å²) in [5.74, 6) is -51.6. The second-order valence-corrected chi connectivity index (χ2v) is 7.60. The SMILES string of the molecule is O=S(=O)(OI)C(F)(F)C(F)(F)C(F)(F)C(F)(F)C(F)(F)C(F)(F)C(F)(F)C(F)(F)F. The first kappa shape index (κ1) is 29.5. The van der Waals surface area contributed by atoms with Gasteiger partial charge in [0.1, 0.15) is 23.0 Å². The van der Waals surface area contributed by atoms with Crippen molar-refractivity contribution in [3.63, 3.8) is 0 Å². The lowest BCUT2D eigenvalue weighted by Gasteiger charge is -2.42. The fourth-order valence-corrected chi connectivity index (χ4v) is 2.54. The molecule has 0 N–H and O–H groups in total. The van der Waals surface area contributed by atoms with Crippen molar-refractivity contribution in [1.29, 1.82) is 0 Å². The molecule has 0 radical (unpaired) electrons. The predicted octanol–water partition coefficient (Wildman–Crippen LogP) is 5.65. The van der Waals surface area contributed by atoms with Crippen molar-refractivity contribution in [3.05, 3.63) is 0 Å². The van der Waals surface area contributed by atoms with Gasteiger partial charge < -0.3 is 0 Å². The van der Waals surface area contributed by atoms with E-state index < -0.39 is 57.1 Å². The van der Waals surface area contributed by atoms with E-state index >= 15 is 0 Å². The van der Waals surface area contributed by atoms with E-state index in [1.165, 1.54) is 0 Å². The van der Waals surface area contributed by atoms with Gasteiger partial charge >= 0.3 is 57.1 Å². The van der Waals surface area contributed by atoms with E-state index in [0.29, 0.717) is 0 Å². The third-order valence-corrected chi connectivity index (χ3v) is 5.56. The summed E-state index contributed by atoms with van der Waals surface area (Å²) in [7, 11) is -7.40. The largest absolute Gasteiger partial charge is 0.460 e. The molecule has 0 rings (SSSR count). The summed E-state index contributed by atoms with van der Waals surface area (Å²) in [5, 5.41) is -7.62. The third-order valence-electron chi connectivity index (χ3n) is 3.09. The van der Waals surface area contributed by atoms with E-state index in [9.17, 15) is 83.1 Å². The summed E-state index contributed by atoms with van der Waals surface area (Å²) < 4.78 is 241. The van der Waals surface area contributed by atoms with Gasteiger partial charge in [-0.3, -0.25) is 0 Å². The topological polar surface area (TPSA) is 43.4 Å². The molecule has 30 heavy (non-hydrogen) atoms. The Morgan fingerprint density at radius 3 is 0.933 bits per heavy atom. The molecular weight excluding hydrogens is 626 g/mol. The highest BCUT2D eigenvalue weighted by molar-refractivity contribution is 14.1. The van der Waals surface area contributed by atoms with Crippen molar-refractivity contribution >= 4 is 33.1 Å². The number of rotatable bonds is 8. The first-order chi connectivity index (χ1) is 12.6. The molecule has 0 atom stereocenters. The molecule has 0 saturated heterocycles. The Morgan fingerprint density at radius 1 is 0.467 bits per heavy atom. The molecule has 0 aliphatic heterocycles. The van der Waals surface area contributed by atoms with Crippen LogP contribution in [-0.4, -0.2) is 55.4 Å². The normalized spacial score (nSPS) is 16.7. The van der Waals surface area contributed by atoms with Gasteiger partial charge in [0.2, 0.25) is 0 Å². The van der Waals surface area contributed by atoms with E-state index in [4.69, 9.17) is 0 Å². The van der Waals surface area contributed by atoms with Crippen molar-refractivity contribution in [2.75, 3.05) is 0 Å². The summed E-state index contributed by atoms with van der Waals surface area (Å²) in [6, 6.07) is 0. The van der Waals surface area contributed by atoms with Gasteiger partial charge in [-0.05, 0) is 0 Å². The summed E-state index contributed by atoms with van der Waals surface area (Å²) in [6.07, 6.45) is -7.86. The quantitative estimate of drug-likeness (QED) is 0.259. The van der Waals surface area contributed by atoms with Crippen LogP contribution in [-0.2, 0) is 12.6 Å². The maximum Gasteiger partial charge on any atom is 0.460 e. The second-order valence-electron chi connectivity index (χ2n) is 4.98. The molecule has 0 heterocycles. The van der Waals surface area contributed by atoms with Crippen LogP contribution in [0.3, 0.4) is 0 Å². The van der Waals surface area contributed by atoms with E-state index in [1.807, 2.05) is 0 Å². The Balaban J connectivity index is 6.93. The van der Waals surface area contributed by atoms with Crippen LogP contribution < -0.4 is 0 Å². The Labute approximate surface area is 166 Å². The maximum absolute atomic E-state index is 13.2. The van der Waals surface area contributed by atoms with Crippen molar-refractivity contribution in [2.24, 2.45) is 0 Å². The van der Waals surface area contributed by atoms with Crippen LogP contribution in [0.25, 0.3) is 0 Å². The Hall–Kier alpha value is -0.550. The number of hydrogen-bond acceptors (Lipinski definition) is 3. The molecule has 0 spiro atoms. The van der Waals surface area contributed by atoms with Crippen molar-refractivity contribution in [1.82, 2.24) is 0 Å². The average Bonchev–Trinajstić information content (AvgIpc) is 2.52.